The Bertz CT molecular complexity index is 958. The van der Waals surface area contributed by atoms with Gasteiger partial charge in [0, 0.05) is 6.61 Å². The zero-order valence-electron chi connectivity index (χ0n) is 27.5. The van der Waals surface area contributed by atoms with Crippen molar-refractivity contribution in [1.82, 2.24) is 0 Å². The summed E-state index contributed by atoms with van der Waals surface area (Å²) in [5, 5.41) is 9.67. The van der Waals surface area contributed by atoms with Crippen LogP contribution < -0.4 is 0 Å². The highest BCUT2D eigenvalue weighted by Crippen LogP contribution is 2.52. The first-order valence-corrected chi connectivity index (χ1v) is 15.8. The van der Waals surface area contributed by atoms with Gasteiger partial charge in [-0.1, -0.05) is 144 Å². The smallest absolute Gasteiger partial charge is 0.0431 e. The second kappa shape index (κ2) is 13.8. The van der Waals surface area contributed by atoms with Gasteiger partial charge in [0.2, 0.25) is 0 Å². The first-order valence-electron chi connectivity index (χ1n) is 15.8. The molecule has 3 unspecified atom stereocenters. The maximum Gasteiger partial charge on any atom is 0.0431 e. The van der Waals surface area contributed by atoms with Crippen LogP contribution >= 0.6 is 0 Å². The fourth-order valence-corrected chi connectivity index (χ4v) is 7.10. The number of rotatable bonds is 15. The monoisotopic (exact) mass is 534 g/mol. The van der Waals surface area contributed by atoms with E-state index < -0.39 is 0 Å². The van der Waals surface area contributed by atoms with E-state index in [1.54, 1.807) is 0 Å². The Morgan fingerprint density at radius 1 is 0.692 bits per heavy atom. The van der Waals surface area contributed by atoms with Crippen molar-refractivity contribution in [2.75, 3.05) is 6.61 Å². The minimum atomic E-state index is 0.114. The van der Waals surface area contributed by atoms with Crippen molar-refractivity contribution >= 4 is 0 Å². The maximum absolute atomic E-state index is 9.67. The van der Waals surface area contributed by atoms with Crippen LogP contribution in [0.15, 0.2) is 54.6 Å². The summed E-state index contributed by atoms with van der Waals surface area (Å²) in [7, 11) is 0. The van der Waals surface area contributed by atoms with Crippen LogP contribution in [0.2, 0.25) is 0 Å². The van der Waals surface area contributed by atoms with Crippen molar-refractivity contribution in [2.45, 2.75) is 138 Å². The van der Waals surface area contributed by atoms with Gasteiger partial charge in [-0.2, -0.15) is 0 Å². The molecule has 3 atom stereocenters. The molecule has 2 aromatic rings. The lowest BCUT2D eigenvalue weighted by atomic mass is 9.60. The number of hydrogen-bond donors (Lipinski definition) is 1. The van der Waals surface area contributed by atoms with Gasteiger partial charge >= 0.3 is 0 Å². The minimum Gasteiger partial charge on any atom is -0.396 e. The van der Waals surface area contributed by atoms with Crippen LogP contribution in [0.25, 0.3) is 0 Å². The van der Waals surface area contributed by atoms with Gasteiger partial charge in [-0.3, -0.25) is 0 Å². The van der Waals surface area contributed by atoms with E-state index >= 15 is 0 Å². The largest absolute Gasteiger partial charge is 0.396 e. The Kier molecular flexibility index (Phi) is 11.9. The molecule has 0 aliphatic rings. The minimum absolute atomic E-state index is 0.114. The molecular weight excluding hydrogens is 472 g/mol. The normalized spacial score (nSPS) is 15.7. The van der Waals surface area contributed by atoms with E-state index in [1.807, 2.05) is 0 Å². The Hall–Kier alpha value is -1.60. The number of aliphatic hydroxyl groups is 1. The molecule has 2 rings (SSSR count). The highest BCUT2D eigenvalue weighted by atomic mass is 16.2. The van der Waals surface area contributed by atoms with Crippen molar-refractivity contribution in [2.24, 2.45) is 22.2 Å². The van der Waals surface area contributed by atoms with Crippen LogP contribution in [0.1, 0.15) is 150 Å². The average Bonchev–Trinajstić information content (AvgIpc) is 2.85. The summed E-state index contributed by atoms with van der Waals surface area (Å²) < 4.78 is 0. The van der Waals surface area contributed by atoms with Gasteiger partial charge in [-0.15, -0.1) is 0 Å². The highest BCUT2D eigenvalue weighted by Gasteiger charge is 2.40. The third-order valence-electron chi connectivity index (χ3n) is 9.58. The quantitative estimate of drug-likeness (QED) is 0.241. The average molecular weight is 535 g/mol. The van der Waals surface area contributed by atoms with Crippen LogP contribution in [-0.4, -0.2) is 11.7 Å². The summed E-state index contributed by atoms with van der Waals surface area (Å²) in [6.45, 7) is 26.8. The molecule has 0 fully saturated rings. The molecule has 0 saturated carbocycles. The molecule has 2 aromatic carbocycles. The number of hydrogen-bond acceptors (Lipinski definition) is 1. The molecule has 0 saturated heterocycles. The summed E-state index contributed by atoms with van der Waals surface area (Å²) in [6, 6.07) is 20.8. The van der Waals surface area contributed by atoms with Gasteiger partial charge in [-0.25, -0.2) is 0 Å². The van der Waals surface area contributed by atoms with E-state index in [-0.39, 0.29) is 28.3 Å². The molecule has 0 heterocycles. The second-order valence-corrected chi connectivity index (χ2v) is 15.8. The molecule has 0 amide bonds. The molecule has 220 valence electrons. The molecule has 1 nitrogen and oxygen atoms in total. The summed E-state index contributed by atoms with van der Waals surface area (Å²) in [4.78, 5) is 0. The van der Waals surface area contributed by atoms with Gasteiger partial charge in [0.25, 0.3) is 0 Å². The van der Waals surface area contributed by atoms with E-state index in [0.29, 0.717) is 11.8 Å². The first-order chi connectivity index (χ1) is 18.0. The van der Waals surface area contributed by atoms with Crippen LogP contribution in [0, 0.1) is 22.2 Å². The summed E-state index contributed by atoms with van der Waals surface area (Å²) in [5.41, 5.74) is 4.98. The van der Waals surface area contributed by atoms with E-state index in [1.165, 1.54) is 42.4 Å². The standard InChI is InChI=1S/C38H62O/c1-12-29(2)19-24-33(30-17-14-13-15-18-30)38(10,11)28-36(6,7)27-34(37(8,9)25-16-26-39)31-20-22-32(23-21-31)35(3,4)5/h13-15,17-18,20-23,29,33-34,39H,12,16,19,24-28H2,1-11H3. The van der Waals surface area contributed by atoms with E-state index in [0.717, 1.165) is 25.2 Å². The van der Waals surface area contributed by atoms with Crippen LogP contribution in [0.3, 0.4) is 0 Å². The van der Waals surface area contributed by atoms with Gasteiger partial charge < -0.3 is 5.11 Å². The van der Waals surface area contributed by atoms with Crippen molar-refractivity contribution in [3.05, 3.63) is 71.3 Å². The number of aliphatic hydroxyl groups excluding tert-OH is 1. The van der Waals surface area contributed by atoms with Crippen molar-refractivity contribution in [3.63, 3.8) is 0 Å². The van der Waals surface area contributed by atoms with Gasteiger partial charge in [0.15, 0.2) is 0 Å². The lowest BCUT2D eigenvalue weighted by Crippen LogP contribution is -2.33. The molecular formula is C38H62O. The zero-order valence-corrected chi connectivity index (χ0v) is 27.5. The fraction of sp³-hybridized carbons (Fsp3) is 0.684. The lowest BCUT2D eigenvalue weighted by Gasteiger charge is -2.45. The highest BCUT2D eigenvalue weighted by molar-refractivity contribution is 5.31. The van der Waals surface area contributed by atoms with Gasteiger partial charge in [0.05, 0.1) is 0 Å². The Labute approximate surface area is 243 Å². The molecule has 1 heteroatoms. The molecule has 0 aliphatic carbocycles. The maximum atomic E-state index is 9.67. The topological polar surface area (TPSA) is 20.2 Å². The summed E-state index contributed by atoms with van der Waals surface area (Å²) in [5.74, 6) is 1.77. The Morgan fingerprint density at radius 3 is 1.77 bits per heavy atom. The predicted octanol–water partition coefficient (Wildman–Crippen LogP) is 11.3. The lowest BCUT2D eigenvalue weighted by molar-refractivity contribution is 0.107. The van der Waals surface area contributed by atoms with Gasteiger partial charge in [-0.05, 0) is 88.2 Å². The fourth-order valence-electron chi connectivity index (χ4n) is 7.10. The first kappa shape index (κ1) is 33.6. The molecule has 0 spiro atoms. The second-order valence-electron chi connectivity index (χ2n) is 15.8. The van der Waals surface area contributed by atoms with E-state index in [2.05, 4.69) is 131 Å². The van der Waals surface area contributed by atoms with Gasteiger partial charge in [0.1, 0.15) is 0 Å². The van der Waals surface area contributed by atoms with Crippen LogP contribution in [0.5, 0.6) is 0 Å². The summed E-state index contributed by atoms with van der Waals surface area (Å²) in [6.07, 6.45) is 8.03. The van der Waals surface area contributed by atoms with E-state index in [4.69, 9.17) is 0 Å². The molecule has 0 bridgehead atoms. The number of benzene rings is 2. The molecule has 1 N–H and O–H groups in total. The predicted molar refractivity (Wildman–Crippen MR) is 173 cm³/mol. The van der Waals surface area contributed by atoms with E-state index in [9.17, 15) is 5.11 Å². The zero-order chi connectivity index (χ0) is 29.5. The Morgan fingerprint density at radius 2 is 1.26 bits per heavy atom. The van der Waals surface area contributed by atoms with Crippen LogP contribution in [0.4, 0.5) is 0 Å². The molecule has 0 radical (unpaired) electrons. The van der Waals surface area contributed by atoms with Crippen molar-refractivity contribution in [1.29, 1.82) is 0 Å². The SMILES string of the molecule is CCC(C)CCC(c1ccccc1)C(C)(C)CC(C)(C)CC(c1ccc(C(C)(C)C)cc1)C(C)(C)CCCO. The molecule has 0 aromatic heterocycles. The van der Waals surface area contributed by atoms with Crippen molar-refractivity contribution in [3.8, 4) is 0 Å². The molecule has 0 aliphatic heterocycles. The Balaban J connectivity index is 2.39. The molecule has 39 heavy (non-hydrogen) atoms. The summed E-state index contributed by atoms with van der Waals surface area (Å²) >= 11 is 0. The van der Waals surface area contributed by atoms with Crippen molar-refractivity contribution < 1.29 is 5.11 Å². The third-order valence-corrected chi connectivity index (χ3v) is 9.58. The van der Waals surface area contributed by atoms with Crippen LogP contribution in [-0.2, 0) is 5.41 Å². The third kappa shape index (κ3) is 10.1.